The predicted octanol–water partition coefficient (Wildman–Crippen LogP) is 6.30. The van der Waals surface area contributed by atoms with Crippen molar-refractivity contribution in [1.82, 2.24) is 0 Å². The van der Waals surface area contributed by atoms with E-state index in [2.05, 4.69) is 27.3 Å². The second kappa shape index (κ2) is 8.97. The third-order valence-corrected chi connectivity index (χ3v) is 4.91. The molecular weight excluding hydrogens is 414 g/mol. The van der Waals surface area contributed by atoms with Crippen LogP contribution >= 0.6 is 27.5 Å². The Balaban J connectivity index is 1.59. The Bertz CT molecular complexity index is 868. The molecule has 134 valence electrons. The zero-order valence-electron chi connectivity index (χ0n) is 14.3. The first-order chi connectivity index (χ1) is 12.7. The van der Waals surface area contributed by atoms with Gasteiger partial charge in [-0.25, -0.2) is 0 Å². The molecule has 0 unspecified atom stereocenters. The van der Waals surface area contributed by atoms with Crippen molar-refractivity contribution in [3.05, 3.63) is 87.4 Å². The number of anilines is 1. The quantitative estimate of drug-likeness (QED) is 0.475. The molecule has 26 heavy (non-hydrogen) atoms. The maximum absolute atomic E-state index is 6.17. The van der Waals surface area contributed by atoms with Crippen molar-refractivity contribution in [1.29, 1.82) is 0 Å². The average molecular weight is 433 g/mol. The van der Waals surface area contributed by atoms with E-state index in [4.69, 9.17) is 21.1 Å². The minimum absolute atomic E-state index is 0.432. The smallest absolute Gasteiger partial charge is 0.134 e. The van der Waals surface area contributed by atoms with Gasteiger partial charge in [0.25, 0.3) is 0 Å². The van der Waals surface area contributed by atoms with Gasteiger partial charge in [-0.1, -0.05) is 35.9 Å². The second-order valence-corrected chi connectivity index (χ2v) is 6.99. The van der Waals surface area contributed by atoms with E-state index in [1.54, 1.807) is 7.11 Å². The zero-order chi connectivity index (χ0) is 18.4. The molecule has 3 aromatic carbocycles. The molecule has 0 aromatic heterocycles. The lowest BCUT2D eigenvalue weighted by Crippen LogP contribution is -2.01. The molecule has 3 aromatic rings. The first-order valence-corrected chi connectivity index (χ1v) is 9.35. The van der Waals surface area contributed by atoms with Gasteiger partial charge in [0.2, 0.25) is 0 Å². The predicted molar refractivity (Wildman–Crippen MR) is 110 cm³/mol. The lowest BCUT2D eigenvalue weighted by Gasteiger charge is -2.12. The highest BCUT2D eigenvalue weighted by Gasteiger charge is 2.05. The van der Waals surface area contributed by atoms with Crippen LogP contribution in [0.4, 0.5) is 5.69 Å². The van der Waals surface area contributed by atoms with Gasteiger partial charge in [-0.15, -0.1) is 0 Å². The monoisotopic (exact) mass is 431 g/mol. The number of ether oxygens (including phenoxy) is 2. The van der Waals surface area contributed by atoms with Crippen LogP contribution in [0.1, 0.15) is 11.1 Å². The summed E-state index contributed by atoms with van der Waals surface area (Å²) in [6.45, 7) is 1.15. The molecule has 3 nitrogen and oxygen atoms in total. The van der Waals surface area contributed by atoms with Crippen LogP contribution in [0.3, 0.4) is 0 Å². The molecule has 5 heteroatoms. The van der Waals surface area contributed by atoms with Crippen molar-refractivity contribution in [2.24, 2.45) is 0 Å². The summed E-state index contributed by atoms with van der Waals surface area (Å²) in [4.78, 5) is 0. The number of hydrogen-bond donors (Lipinski definition) is 1. The molecule has 0 aliphatic rings. The van der Waals surface area contributed by atoms with Gasteiger partial charge in [0.1, 0.15) is 18.1 Å². The van der Waals surface area contributed by atoms with Gasteiger partial charge in [0.15, 0.2) is 0 Å². The van der Waals surface area contributed by atoms with Crippen molar-refractivity contribution in [2.45, 2.75) is 13.2 Å². The molecule has 0 fully saturated rings. The van der Waals surface area contributed by atoms with Crippen molar-refractivity contribution in [3.8, 4) is 11.5 Å². The van der Waals surface area contributed by atoms with Crippen molar-refractivity contribution in [3.63, 3.8) is 0 Å². The van der Waals surface area contributed by atoms with E-state index in [0.29, 0.717) is 11.6 Å². The van der Waals surface area contributed by atoms with E-state index >= 15 is 0 Å². The Morgan fingerprint density at radius 1 is 1.00 bits per heavy atom. The summed E-state index contributed by atoms with van der Waals surface area (Å²) in [6.07, 6.45) is 0. The van der Waals surface area contributed by atoms with Crippen LogP contribution in [0.15, 0.2) is 71.2 Å². The van der Waals surface area contributed by atoms with Gasteiger partial charge in [-0.2, -0.15) is 0 Å². The van der Waals surface area contributed by atoms with Gasteiger partial charge in [0.05, 0.1) is 11.6 Å². The number of halogens is 2. The Kier molecular flexibility index (Phi) is 6.42. The second-order valence-electron chi connectivity index (χ2n) is 5.73. The molecule has 0 bridgehead atoms. The van der Waals surface area contributed by atoms with E-state index in [1.165, 1.54) is 0 Å². The largest absolute Gasteiger partial charge is 0.497 e. The summed E-state index contributed by atoms with van der Waals surface area (Å²) in [7, 11) is 1.66. The van der Waals surface area contributed by atoms with Gasteiger partial charge < -0.3 is 14.8 Å². The summed E-state index contributed by atoms with van der Waals surface area (Å²) < 4.78 is 12.0. The fourth-order valence-electron chi connectivity index (χ4n) is 2.46. The normalized spacial score (nSPS) is 10.4. The first kappa shape index (κ1) is 18.6. The summed E-state index contributed by atoms with van der Waals surface area (Å²) in [5.74, 6) is 1.64. The van der Waals surface area contributed by atoms with E-state index in [-0.39, 0.29) is 0 Å². The molecule has 3 rings (SSSR count). The molecule has 0 amide bonds. The lowest BCUT2D eigenvalue weighted by atomic mass is 10.2. The van der Waals surface area contributed by atoms with E-state index in [1.807, 2.05) is 60.7 Å². The van der Waals surface area contributed by atoms with Gasteiger partial charge >= 0.3 is 0 Å². The minimum Gasteiger partial charge on any atom is -0.497 e. The number of rotatable bonds is 7. The molecule has 0 atom stereocenters. The molecule has 0 heterocycles. The molecule has 0 aliphatic heterocycles. The Labute approximate surface area is 167 Å². The number of hydrogen-bond acceptors (Lipinski definition) is 3. The molecule has 1 N–H and O–H groups in total. The van der Waals surface area contributed by atoms with E-state index in [0.717, 1.165) is 39.3 Å². The number of methoxy groups -OCH3 is 1. The standard InChI is InChI=1S/C21H19BrClNO2/c1-25-18-9-7-17(8-10-18)24-13-15-6-11-21(19(22)12-15)26-14-16-4-2-3-5-20(16)23/h2-12,24H,13-14H2,1H3. The fourth-order valence-corrected chi connectivity index (χ4v) is 3.19. The highest BCUT2D eigenvalue weighted by atomic mass is 79.9. The van der Waals surface area contributed by atoms with Crippen LogP contribution in [0.25, 0.3) is 0 Å². The molecular formula is C21H19BrClNO2. The number of benzene rings is 3. The van der Waals surface area contributed by atoms with Crippen LogP contribution in [0.2, 0.25) is 5.02 Å². The van der Waals surface area contributed by atoms with Crippen LogP contribution in [-0.4, -0.2) is 7.11 Å². The molecule has 0 saturated carbocycles. The Morgan fingerprint density at radius 2 is 1.77 bits per heavy atom. The lowest BCUT2D eigenvalue weighted by molar-refractivity contribution is 0.304. The van der Waals surface area contributed by atoms with Crippen molar-refractivity contribution >= 4 is 33.2 Å². The summed E-state index contributed by atoms with van der Waals surface area (Å²) in [5, 5.41) is 4.10. The third kappa shape index (κ3) is 4.93. The summed E-state index contributed by atoms with van der Waals surface area (Å²) in [5.41, 5.74) is 3.16. The van der Waals surface area contributed by atoms with E-state index < -0.39 is 0 Å². The highest BCUT2D eigenvalue weighted by molar-refractivity contribution is 9.10. The third-order valence-electron chi connectivity index (χ3n) is 3.92. The SMILES string of the molecule is COc1ccc(NCc2ccc(OCc3ccccc3Cl)c(Br)c2)cc1. The van der Waals surface area contributed by atoms with Gasteiger partial charge in [-0.3, -0.25) is 0 Å². The summed E-state index contributed by atoms with van der Waals surface area (Å²) in [6, 6.07) is 21.6. The Morgan fingerprint density at radius 3 is 2.46 bits per heavy atom. The topological polar surface area (TPSA) is 30.5 Å². The maximum Gasteiger partial charge on any atom is 0.134 e. The highest BCUT2D eigenvalue weighted by Crippen LogP contribution is 2.28. The van der Waals surface area contributed by atoms with Crippen LogP contribution in [0, 0.1) is 0 Å². The van der Waals surface area contributed by atoms with Gasteiger partial charge in [-0.05, 0) is 64.0 Å². The molecule has 0 spiro atoms. The molecule has 0 aliphatic carbocycles. The maximum atomic E-state index is 6.17. The zero-order valence-corrected chi connectivity index (χ0v) is 16.7. The van der Waals surface area contributed by atoms with E-state index in [9.17, 15) is 0 Å². The fraction of sp³-hybridized carbons (Fsp3) is 0.143. The molecule has 0 radical (unpaired) electrons. The van der Waals surface area contributed by atoms with Crippen LogP contribution < -0.4 is 14.8 Å². The van der Waals surface area contributed by atoms with Crippen molar-refractivity contribution in [2.75, 3.05) is 12.4 Å². The summed E-state index contributed by atoms with van der Waals surface area (Å²) >= 11 is 9.75. The van der Waals surface area contributed by atoms with Crippen molar-refractivity contribution < 1.29 is 9.47 Å². The first-order valence-electron chi connectivity index (χ1n) is 8.18. The Hall–Kier alpha value is -2.17. The van der Waals surface area contributed by atoms with Gasteiger partial charge in [0, 0.05) is 22.8 Å². The average Bonchev–Trinajstić information content (AvgIpc) is 2.67. The van der Waals surface area contributed by atoms with Crippen LogP contribution in [0.5, 0.6) is 11.5 Å². The van der Waals surface area contributed by atoms with Crippen LogP contribution in [-0.2, 0) is 13.2 Å². The minimum atomic E-state index is 0.432. The number of nitrogens with one attached hydrogen (secondary N) is 1. The molecule has 0 saturated heterocycles.